The molecule has 2 rings (SSSR count). The van der Waals surface area contributed by atoms with Crippen molar-refractivity contribution in [3.8, 4) is 0 Å². The molecule has 0 aromatic carbocycles. The van der Waals surface area contributed by atoms with Gasteiger partial charge in [-0.2, -0.15) is 10.1 Å². The largest absolute Gasteiger partial charge is 0.368 e. The Bertz CT molecular complexity index is 459. The number of hydrogen-bond donors (Lipinski definition) is 2. The average Bonchev–Trinajstić information content (AvgIpc) is 2.49. The van der Waals surface area contributed by atoms with E-state index < -0.39 is 0 Å². The highest BCUT2D eigenvalue weighted by Gasteiger charge is 2.01. The van der Waals surface area contributed by atoms with E-state index in [0.29, 0.717) is 11.0 Å². The van der Waals surface area contributed by atoms with Crippen LogP contribution < -0.4 is 11.1 Å². The molecule has 0 aliphatic rings. The summed E-state index contributed by atoms with van der Waals surface area (Å²) >= 11 is 5.73. The summed E-state index contributed by atoms with van der Waals surface area (Å²) < 4.78 is 1.68. The van der Waals surface area contributed by atoms with Crippen molar-refractivity contribution in [3.63, 3.8) is 0 Å². The van der Waals surface area contributed by atoms with Crippen LogP contribution in [0.2, 0.25) is 5.15 Å². The third-order valence-corrected chi connectivity index (χ3v) is 1.88. The zero-order valence-electron chi connectivity index (χ0n) is 7.98. The zero-order valence-corrected chi connectivity index (χ0v) is 8.73. The monoisotopic (exact) mass is 224 g/mol. The van der Waals surface area contributed by atoms with Crippen molar-refractivity contribution in [2.75, 3.05) is 11.1 Å². The molecule has 0 spiro atoms. The van der Waals surface area contributed by atoms with E-state index in [1.165, 1.54) is 0 Å². The van der Waals surface area contributed by atoms with Crippen LogP contribution in [0.5, 0.6) is 0 Å². The lowest BCUT2D eigenvalue weighted by Crippen LogP contribution is -1.99. The van der Waals surface area contributed by atoms with E-state index in [0.717, 1.165) is 5.69 Å². The van der Waals surface area contributed by atoms with E-state index in [2.05, 4.69) is 20.4 Å². The molecule has 2 aromatic heterocycles. The summed E-state index contributed by atoms with van der Waals surface area (Å²) in [4.78, 5) is 7.72. The molecule has 78 valence electrons. The highest BCUT2D eigenvalue weighted by molar-refractivity contribution is 6.29. The van der Waals surface area contributed by atoms with Gasteiger partial charge in [0.25, 0.3) is 0 Å². The molecule has 6 nitrogen and oxygen atoms in total. The Morgan fingerprint density at radius 2 is 2.27 bits per heavy atom. The van der Waals surface area contributed by atoms with Gasteiger partial charge in [0.05, 0.1) is 11.9 Å². The van der Waals surface area contributed by atoms with Gasteiger partial charge >= 0.3 is 0 Å². The van der Waals surface area contributed by atoms with E-state index in [1.54, 1.807) is 16.9 Å². The molecule has 0 saturated heterocycles. The number of aromatic nitrogens is 4. The molecule has 0 unspecified atom stereocenters. The number of anilines is 3. The first-order chi connectivity index (χ1) is 7.13. The molecule has 0 aliphatic carbocycles. The Balaban J connectivity index is 2.24. The molecule has 7 heteroatoms. The third-order valence-electron chi connectivity index (χ3n) is 1.69. The summed E-state index contributed by atoms with van der Waals surface area (Å²) in [6, 6.07) is 1.59. The van der Waals surface area contributed by atoms with Gasteiger partial charge in [-0.3, -0.25) is 4.68 Å². The molecule has 0 atom stereocenters. The fraction of sp³-hybridized carbons (Fsp3) is 0.125. The lowest BCUT2D eigenvalue weighted by atomic mass is 10.5. The van der Waals surface area contributed by atoms with Gasteiger partial charge in [-0.25, -0.2) is 4.98 Å². The summed E-state index contributed by atoms with van der Waals surface area (Å²) in [6.07, 6.45) is 3.48. The van der Waals surface area contributed by atoms with Gasteiger partial charge in [-0.1, -0.05) is 11.6 Å². The molecule has 3 N–H and O–H groups in total. The Morgan fingerprint density at radius 1 is 1.47 bits per heavy atom. The fourth-order valence-corrected chi connectivity index (χ4v) is 1.32. The number of halogens is 1. The van der Waals surface area contributed by atoms with Crippen LogP contribution in [-0.4, -0.2) is 19.7 Å². The molecule has 0 aliphatic heterocycles. The van der Waals surface area contributed by atoms with Gasteiger partial charge in [0, 0.05) is 19.3 Å². The Kier molecular flexibility index (Phi) is 2.42. The van der Waals surface area contributed by atoms with E-state index in [4.69, 9.17) is 17.3 Å². The predicted octanol–water partition coefficient (Wildman–Crippen LogP) is 1.19. The van der Waals surface area contributed by atoms with E-state index in [9.17, 15) is 0 Å². The fourth-order valence-electron chi connectivity index (χ4n) is 1.13. The predicted molar refractivity (Wildman–Crippen MR) is 57.9 cm³/mol. The molecular formula is C8H9ClN6. The number of nitrogens with zero attached hydrogens (tertiary/aromatic N) is 4. The van der Waals surface area contributed by atoms with Crippen molar-refractivity contribution >= 4 is 29.1 Å². The average molecular weight is 225 g/mol. The van der Waals surface area contributed by atoms with Crippen LogP contribution >= 0.6 is 11.6 Å². The number of nitrogen functional groups attached to an aromatic ring is 1. The number of nitrogens with one attached hydrogen (secondary N) is 1. The van der Waals surface area contributed by atoms with Crippen molar-refractivity contribution in [1.82, 2.24) is 19.7 Å². The van der Waals surface area contributed by atoms with Crippen molar-refractivity contribution in [2.45, 2.75) is 0 Å². The van der Waals surface area contributed by atoms with Gasteiger partial charge in [-0.05, 0) is 0 Å². The SMILES string of the molecule is Cn1cc(Nc2cc(Cl)nc(N)n2)cn1. The van der Waals surface area contributed by atoms with Crippen LogP contribution in [0.25, 0.3) is 0 Å². The van der Waals surface area contributed by atoms with Crippen molar-refractivity contribution in [1.29, 1.82) is 0 Å². The lowest BCUT2D eigenvalue weighted by Gasteiger charge is -2.02. The summed E-state index contributed by atoms with van der Waals surface area (Å²) in [5.74, 6) is 0.675. The molecule has 0 saturated carbocycles. The van der Waals surface area contributed by atoms with Crippen LogP contribution in [0.1, 0.15) is 0 Å². The maximum Gasteiger partial charge on any atom is 0.223 e. The van der Waals surface area contributed by atoms with Crippen molar-refractivity contribution < 1.29 is 0 Å². The molecular weight excluding hydrogens is 216 g/mol. The number of nitrogens with two attached hydrogens (primary N) is 1. The quantitative estimate of drug-likeness (QED) is 0.749. The second-order valence-electron chi connectivity index (χ2n) is 2.96. The van der Waals surface area contributed by atoms with Crippen molar-refractivity contribution in [2.24, 2.45) is 7.05 Å². The maximum absolute atomic E-state index is 5.73. The van der Waals surface area contributed by atoms with Crippen LogP contribution in [-0.2, 0) is 7.05 Å². The molecule has 2 aromatic rings. The second kappa shape index (κ2) is 3.74. The number of aryl methyl sites for hydroxylation is 1. The second-order valence-corrected chi connectivity index (χ2v) is 3.35. The van der Waals surface area contributed by atoms with Gasteiger partial charge < -0.3 is 11.1 Å². The lowest BCUT2D eigenvalue weighted by molar-refractivity contribution is 0.768. The third kappa shape index (κ3) is 2.35. The van der Waals surface area contributed by atoms with Crippen LogP contribution in [0.3, 0.4) is 0 Å². The summed E-state index contributed by atoms with van der Waals surface area (Å²) in [7, 11) is 1.83. The molecule has 0 radical (unpaired) electrons. The molecule has 0 bridgehead atoms. The van der Waals surface area contributed by atoms with Gasteiger partial charge in [0.2, 0.25) is 5.95 Å². The molecule has 0 amide bonds. The Labute approximate surface area is 91.1 Å². The van der Waals surface area contributed by atoms with Crippen molar-refractivity contribution in [3.05, 3.63) is 23.6 Å². The minimum atomic E-state index is 0.133. The summed E-state index contributed by atoms with van der Waals surface area (Å²) in [6.45, 7) is 0. The van der Waals surface area contributed by atoms with Gasteiger partial charge in [-0.15, -0.1) is 0 Å². The summed E-state index contributed by atoms with van der Waals surface area (Å²) in [5.41, 5.74) is 6.26. The minimum absolute atomic E-state index is 0.133. The van der Waals surface area contributed by atoms with Gasteiger partial charge in [0.15, 0.2) is 0 Å². The van der Waals surface area contributed by atoms with E-state index >= 15 is 0 Å². The highest BCUT2D eigenvalue weighted by atomic mass is 35.5. The Hall–Kier alpha value is -1.82. The minimum Gasteiger partial charge on any atom is -0.368 e. The number of rotatable bonds is 2. The molecule has 0 fully saturated rings. The molecule has 2 heterocycles. The number of hydrogen-bond acceptors (Lipinski definition) is 5. The maximum atomic E-state index is 5.73. The topological polar surface area (TPSA) is 81.7 Å². The van der Waals surface area contributed by atoms with E-state index in [-0.39, 0.29) is 5.95 Å². The first kappa shape index (κ1) is 9.72. The van der Waals surface area contributed by atoms with Crippen LogP contribution in [0, 0.1) is 0 Å². The first-order valence-corrected chi connectivity index (χ1v) is 4.57. The van der Waals surface area contributed by atoms with Crippen LogP contribution in [0.15, 0.2) is 18.5 Å². The van der Waals surface area contributed by atoms with E-state index in [1.807, 2.05) is 13.2 Å². The van der Waals surface area contributed by atoms with Crippen LogP contribution in [0.4, 0.5) is 17.5 Å². The zero-order chi connectivity index (χ0) is 10.8. The highest BCUT2D eigenvalue weighted by Crippen LogP contribution is 2.17. The molecule has 15 heavy (non-hydrogen) atoms. The standard InChI is InChI=1S/C8H9ClN6/c1-15-4-5(3-11-15)12-7-2-6(9)13-8(10)14-7/h2-4H,1H3,(H3,10,12,13,14). The Morgan fingerprint density at radius 3 is 2.87 bits per heavy atom. The normalized spacial score (nSPS) is 10.3. The van der Waals surface area contributed by atoms with Gasteiger partial charge in [0.1, 0.15) is 11.0 Å². The summed E-state index contributed by atoms with van der Waals surface area (Å²) in [5, 5.41) is 7.31. The first-order valence-electron chi connectivity index (χ1n) is 4.19. The smallest absolute Gasteiger partial charge is 0.223 e.